The predicted molar refractivity (Wildman–Crippen MR) is 131 cm³/mol. The van der Waals surface area contributed by atoms with Crippen molar-refractivity contribution in [1.29, 1.82) is 0 Å². The third-order valence-corrected chi connectivity index (χ3v) is 5.75. The Balaban J connectivity index is 1.20. The first kappa shape index (κ1) is 22.1. The van der Waals surface area contributed by atoms with Gasteiger partial charge in [0.2, 0.25) is 11.1 Å². The van der Waals surface area contributed by atoms with E-state index in [9.17, 15) is 9.59 Å². The zero-order chi connectivity index (χ0) is 24.2. The van der Waals surface area contributed by atoms with E-state index in [0.29, 0.717) is 39.3 Å². The molecule has 5 aromatic rings. The molecule has 3 heterocycles. The first-order valence-electron chi connectivity index (χ1n) is 10.6. The second-order valence-corrected chi connectivity index (χ2v) is 8.32. The molecule has 12 heteroatoms. The van der Waals surface area contributed by atoms with Crippen LogP contribution in [0.3, 0.4) is 0 Å². The number of benzene rings is 2. The van der Waals surface area contributed by atoms with Gasteiger partial charge in [-0.2, -0.15) is 0 Å². The molecule has 0 saturated carbocycles. The molecule has 0 unspecified atom stereocenters. The average Bonchev–Trinajstić information content (AvgIpc) is 3.61. The number of anilines is 3. The number of carbonyl (C=O) groups excluding carboxylic acids is 2. The topological polar surface area (TPSA) is 147 Å². The number of hydrogen-bond donors (Lipinski definition) is 4. The van der Waals surface area contributed by atoms with Gasteiger partial charge in [-0.3, -0.25) is 15.4 Å². The van der Waals surface area contributed by atoms with Crippen molar-refractivity contribution in [2.24, 2.45) is 0 Å². The van der Waals surface area contributed by atoms with Crippen LogP contribution in [0.25, 0.3) is 11.0 Å². The number of hydrogen-bond acceptors (Lipinski definition) is 8. The Morgan fingerprint density at radius 2 is 1.86 bits per heavy atom. The molecule has 2 aromatic carbocycles. The van der Waals surface area contributed by atoms with Gasteiger partial charge in [0, 0.05) is 11.8 Å². The summed E-state index contributed by atoms with van der Waals surface area (Å²) in [5.41, 5.74) is 1.95. The molecule has 0 aliphatic rings. The fourth-order valence-corrected chi connectivity index (χ4v) is 3.81. The van der Waals surface area contributed by atoms with Crippen LogP contribution in [0.4, 0.5) is 21.6 Å². The number of rotatable bonds is 7. The Labute approximate surface area is 202 Å². The van der Waals surface area contributed by atoms with Crippen LogP contribution in [0.2, 0.25) is 0 Å². The lowest BCUT2D eigenvalue weighted by Gasteiger charge is -2.08. The van der Waals surface area contributed by atoms with E-state index in [1.165, 1.54) is 17.6 Å². The van der Waals surface area contributed by atoms with E-state index in [0.717, 1.165) is 11.4 Å². The summed E-state index contributed by atoms with van der Waals surface area (Å²) in [4.78, 5) is 31.7. The summed E-state index contributed by atoms with van der Waals surface area (Å²) in [6.45, 7) is 1.97. The highest BCUT2D eigenvalue weighted by Gasteiger charge is 2.12. The lowest BCUT2D eigenvalue weighted by Crippen LogP contribution is -2.19. The Morgan fingerprint density at radius 3 is 2.60 bits per heavy atom. The highest BCUT2D eigenvalue weighted by Crippen LogP contribution is 2.27. The van der Waals surface area contributed by atoms with Crippen LogP contribution in [-0.2, 0) is 6.42 Å². The average molecular weight is 490 g/mol. The summed E-state index contributed by atoms with van der Waals surface area (Å²) < 4.78 is 11.0. The summed E-state index contributed by atoms with van der Waals surface area (Å²) in [5.74, 6) is 1.24. The maximum atomic E-state index is 12.2. The molecule has 0 radical (unpaired) electrons. The van der Waals surface area contributed by atoms with Crippen molar-refractivity contribution in [1.82, 2.24) is 20.2 Å². The van der Waals surface area contributed by atoms with Crippen LogP contribution in [-0.4, -0.2) is 32.1 Å². The fraction of sp³-hybridized carbons (Fsp3) is 0.0870. The first-order chi connectivity index (χ1) is 17.1. The summed E-state index contributed by atoms with van der Waals surface area (Å²) >= 11 is 1.33. The molecular weight excluding hydrogens is 470 g/mol. The van der Waals surface area contributed by atoms with Gasteiger partial charge in [0.15, 0.2) is 5.76 Å². The lowest BCUT2D eigenvalue weighted by molar-refractivity contribution is 0.0996. The maximum Gasteiger partial charge on any atom is 0.325 e. The zero-order valence-electron chi connectivity index (χ0n) is 18.4. The maximum absolute atomic E-state index is 12.2. The second-order valence-electron chi connectivity index (χ2n) is 7.26. The molecular formula is C23H19N7O4S. The van der Waals surface area contributed by atoms with Gasteiger partial charge in [0.05, 0.1) is 17.3 Å². The fourth-order valence-electron chi connectivity index (χ4n) is 3.14. The molecule has 0 fully saturated rings. The molecule has 0 atom stereocenters. The van der Waals surface area contributed by atoms with Gasteiger partial charge in [0.1, 0.15) is 16.5 Å². The van der Waals surface area contributed by atoms with Crippen molar-refractivity contribution < 1.29 is 18.7 Å². The van der Waals surface area contributed by atoms with Gasteiger partial charge in [-0.15, -0.1) is 10.2 Å². The number of imidazole rings is 1. The van der Waals surface area contributed by atoms with Gasteiger partial charge < -0.3 is 19.5 Å². The first-order valence-corrected chi connectivity index (χ1v) is 11.4. The summed E-state index contributed by atoms with van der Waals surface area (Å²) in [6.07, 6.45) is 2.19. The standard InChI is InChI=1S/C23H19N7O4S/c1-2-19-29-30-23(35-19)28-22(32)24-13-5-7-14(8-6-13)34-15-9-10-16-17(12-15)26-21(25-16)27-20(31)18-4-3-11-33-18/h3-12H,2H2,1H3,(H2,24,28,30,32)(H2,25,26,27,31). The molecule has 5 rings (SSSR count). The van der Waals surface area contributed by atoms with Crippen molar-refractivity contribution in [3.05, 3.63) is 71.6 Å². The van der Waals surface area contributed by atoms with Gasteiger partial charge in [-0.25, -0.2) is 9.78 Å². The quantitative estimate of drug-likeness (QED) is 0.244. The van der Waals surface area contributed by atoms with Crippen molar-refractivity contribution in [2.45, 2.75) is 13.3 Å². The number of nitrogens with zero attached hydrogens (tertiary/aromatic N) is 3. The third-order valence-electron chi connectivity index (χ3n) is 4.77. The molecule has 0 aliphatic carbocycles. The Bertz CT molecular complexity index is 1480. The molecule has 0 saturated heterocycles. The Morgan fingerprint density at radius 1 is 1.03 bits per heavy atom. The van der Waals surface area contributed by atoms with E-state index in [4.69, 9.17) is 9.15 Å². The summed E-state index contributed by atoms with van der Waals surface area (Å²) in [7, 11) is 0. The van der Waals surface area contributed by atoms with E-state index >= 15 is 0 Å². The van der Waals surface area contributed by atoms with E-state index < -0.39 is 11.9 Å². The Kier molecular flexibility index (Phi) is 6.09. The Hall–Kier alpha value is -4.71. The molecule has 35 heavy (non-hydrogen) atoms. The summed E-state index contributed by atoms with van der Waals surface area (Å²) in [5, 5.41) is 17.2. The van der Waals surface area contributed by atoms with E-state index in [1.54, 1.807) is 54.6 Å². The molecule has 3 amide bonds. The van der Waals surface area contributed by atoms with Crippen LogP contribution < -0.4 is 20.7 Å². The highest BCUT2D eigenvalue weighted by atomic mass is 32.1. The summed E-state index contributed by atoms with van der Waals surface area (Å²) in [6, 6.07) is 15.0. The molecule has 11 nitrogen and oxygen atoms in total. The molecule has 4 N–H and O–H groups in total. The van der Waals surface area contributed by atoms with Crippen LogP contribution in [0, 0.1) is 0 Å². The van der Waals surface area contributed by atoms with Crippen molar-refractivity contribution in [3.8, 4) is 11.5 Å². The largest absolute Gasteiger partial charge is 0.459 e. The number of aromatic nitrogens is 4. The SMILES string of the molecule is CCc1nnc(NC(=O)Nc2ccc(Oc3ccc4nc(NC(=O)c5ccco5)[nH]c4c3)cc2)s1. The third kappa shape index (κ3) is 5.28. The van der Waals surface area contributed by atoms with Gasteiger partial charge >= 0.3 is 6.03 Å². The predicted octanol–water partition coefficient (Wildman–Crippen LogP) is 5.26. The van der Waals surface area contributed by atoms with Crippen molar-refractivity contribution in [2.75, 3.05) is 16.0 Å². The van der Waals surface area contributed by atoms with Crippen LogP contribution in [0.1, 0.15) is 22.5 Å². The van der Waals surface area contributed by atoms with Gasteiger partial charge in [-0.05, 0) is 55.0 Å². The van der Waals surface area contributed by atoms with Gasteiger partial charge in [0.25, 0.3) is 5.91 Å². The molecule has 0 aliphatic heterocycles. The van der Waals surface area contributed by atoms with Crippen LogP contribution in [0.15, 0.2) is 65.3 Å². The number of carbonyl (C=O) groups is 2. The number of furan rings is 1. The van der Waals surface area contributed by atoms with E-state index in [2.05, 4.69) is 36.1 Å². The van der Waals surface area contributed by atoms with Crippen molar-refractivity contribution >= 4 is 51.1 Å². The minimum absolute atomic E-state index is 0.190. The minimum atomic E-state index is -0.405. The minimum Gasteiger partial charge on any atom is -0.459 e. The monoisotopic (exact) mass is 489 g/mol. The molecule has 3 aromatic heterocycles. The second kappa shape index (κ2) is 9.65. The van der Waals surface area contributed by atoms with Gasteiger partial charge in [-0.1, -0.05) is 18.3 Å². The smallest absolute Gasteiger partial charge is 0.325 e. The molecule has 0 bridgehead atoms. The number of fused-ring (bicyclic) bond motifs is 1. The number of H-pyrrole nitrogens is 1. The molecule has 176 valence electrons. The van der Waals surface area contributed by atoms with E-state index in [-0.39, 0.29) is 5.76 Å². The van der Waals surface area contributed by atoms with Crippen molar-refractivity contribution in [3.63, 3.8) is 0 Å². The lowest BCUT2D eigenvalue weighted by atomic mass is 10.3. The molecule has 0 spiro atoms. The number of amides is 3. The zero-order valence-corrected chi connectivity index (χ0v) is 19.2. The number of aryl methyl sites for hydroxylation is 1. The van der Waals surface area contributed by atoms with Crippen LogP contribution in [0.5, 0.6) is 11.5 Å². The number of urea groups is 1. The number of aromatic amines is 1. The van der Waals surface area contributed by atoms with E-state index in [1.807, 2.05) is 6.92 Å². The highest BCUT2D eigenvalue weighted by molar-refractivity contribution is 7.15. The normalized spacial score (nSPS) is 10.8. The number of nitrogens with one attached hydrogen (secondary N) is 4. The number of ether oxygens (including phenoxy) is 1. The van der Waals surface area contributed by atoms with Crippen LogP contribution >= 0.6 is 11.3 Å².